The van der Waals surface area contributed by atoms with E-state index in [1.807, 2.05) is 17.7 Å². The van der Waals surface area contributed by atoms with Gasteiger partial charge in [-0.1, -0.05) is 6.92 Å². The number of anilines is 1. The molecule has 7 heteroatoms. The van der Waals surface area contributed by atoms with E-state index >= 15 is 0 Å². The number of hydrogen-bond acceptors (Lipinski definition) is 5. The van der Waals surface area contributed by atoms with Crippen LogP contribution in [0, 0.1) is 12.8 Å². The van der Waals surface area contributed by atoms with Gasteiger partial charge in [-0.25, -0.2) is 4.98 Å². The summed E-state index contributed by atoms with van der Waals surface area (Å²) in [5.41, 5.74) is 1.41. The summed E-state index contributed by atoms with van der Waals surface area (Å²) in [5.74, 6) is 0.260. The number of carbonyl (C=O) groups excluding carboxylic acids is 1. The van der Waals surface area contributed by atoms with Gasteiger partial charge in [0.15, 0.2) is 0 Å². The molecule has 108 valence electrons. The molecule has 2 aromatic rings. The monoisotopic (exact) mass is 293 g/mol. The van der Waals surface area contributed by atoms with Gasteiger partial charge in [0.2, 0.25) is 0 Å². The molecule has 0 fully saturated rings. The third-order valence-electron chi connectivity index (χ3n) is 3.01. The second kappa shape index (κ2) is 6.51. The van der Waals surface area contributed by atoms with E-state index in [1.54, 1.807) is 19.6 Å². The lowest BCUT2D eigenvalue weighted by Gasteiger charge is -2.13. The van der Waals surface area contributed by atoms with Crippen LogP contribution in [0.4, 0.5) is 5.00 Å². The molecule has 1 amide bonds. The minimum absolute atomic E-state index is 0.0712. The van der Waals surface area contributed by atoms with Gasteiger partial charge in [0.25, 0.3) is 5.91 Å². The maximum absolute atomic E-state index is 12.2. The van der Waals surface area contributed by atoms with Gasteiger partial charge in [0.1, 0.15) is 5.00 Å². The summed E-state index contributed by atoms with van der Waals surface area (Å²) in [6, 6.07) is 0. The zero-order chi connectivity index (χ0) is 14.5. The van der Waals surface area contributed by atoms with Crippen molar-refractivity contribution in [3.8, 4) is 0 Å². The maximum Gasteiger partial charge on any atom is 0.256 e. The first-order valence-corrected chi connectivity index (χ1v) is 7.27. The van der Waals surface area contributed by atoms with Crippen LogP contribution in [0.25, 0.3) is 0 Å². The fraction of sp³-hybridized carbons (Fsp3) is 0.462. The number of aryl methyl sites for hydroxylation is 1. The first-order valence-electron chi connectivity index (χ1n) is 6.49. The second-order valence-corrected chi connectivity index (χ2v) is 5.57. The van der Waals surface area contributed by atoms with Crippen LogP contribution in [0.2, 0.25) is 0 Å². The van der Waals surface area contributed by atoms with Gasteiger partial charge < -0.3 is 15.2 Å². The Kier molecular flexibility index (Phi) is 4.73. The van der Waals surface area contributed by atoms with Crippen molar-refractivity contribution in [3.63, 3.8) is 0 Å². The molecule has 1 unspecified atom stereocenters. The van der Waals surface area contributed by atoms with Crippen LogP contribution in [0.3, 0.4) is 0 Å². The van der Waals surface area contributed by atoms with Gasteiger partial charge in [-0.15, -0.1) is 0 Å². The Labute approximate surface area is 122 Å². The van der Waals surface area contributed by atoms with Crippen molar-refractivity contribution < 1.29 is 4.79 Å². The highest BCUT2D eigenvalue weighted by Gasteiger charge is 2.17. The molecule has 0 spiro atoms. The van der Waals surface area contributed by atoms with E-state index in [1.165, 1.54) is 11.5 Å². The van der Waals surface area contributed by atoms with Gasteiger partial charge in [0.05, 0.1) is 17.6 Å². The zero-order valence-electron chi connectivity index (χ0n) is 11.9. The van der Waals surface area contributed by atoms with Crippen molar-refractivity contribution in [1.29, 1.82) is 0 Å². The molecule has 0 saturated carbocycles. The number of rotatable bonds is 6. The fourth-order valence-corrected chi connectivity index (χ4v) is 2.72. The Morgan fingerprint density at radius 1 is 1.55 bits per heavy atom. The van der Waals surface area contributed by atoms with Crippen LogP contribution in [-0.2, 0) is 6.54 Å². The summed E-state index contributed by atoms with van der Waals surface area (Å²) in [6.45, 7) is 5.40. The number of carbonyl (C=O) groups is 1. The van der Waals surface area contributed by atoms with E-state index in [0.717, 1.165) is 17.2 Å². The molecule has 1 atom stereocenters. The molecule has 6 nitrogen and oxygen atoms in total. The lowest BCUT2D eigenvalue weighted by molar-refractivity contribution is 0.0947. The van der Waals surface area contributed by atoms with Gasteiger partial charge in [0, 0.05) is 32.5 Å². The van der Waals surface area contributed by atoms with Gasteiger partial charge in [-0.3, -0.25) is 4.79 Å². The van der Waals surface area contributed by atoms with Crippen LogP contribution < -0.4 is 10.6 Å². The van der Waals surface area contributed by atoms with Crippen LogP contribution in [-0.4, -0.2) is 33.4 Å². The Morgan fingerprint density at radius 3 is 3.00 bits per heavy atom. The highest BCUT2D eigenvalue weighted by Crippen LogP contribution is 2.23. The molecule has 20 heavy (non-hydrogen) atoms. The molecule has 0 aliphatic carbocycles. The third-order valence-corrected chi connectivity index (χ3v) is 3.97. The minimum atomic E-state index is -0.0712. The Balaban J connectivity index is 1.90. The zero-order valence-corrected chi connectivity index (χ0v) is 12.7. The topological polar surface area (TPSA) is 71.8 Å². The lowest BCUT2D eigenvalue weighted by atomic mass is 10.1. The smallest absolute Gasteiger partial charge is 0.256 e. The summed E-state index contributed by atoms with van der Waals surface area (Å²) in [5, 5.41) is 6.78. The predicted octanol–water partition coefficient (Wildman–Crippen LogP) is 1.76. The fourth-order valence-electron chi connectivity index (χ4n) is 1.98. The average molecular weight is 293 g/mol. The standard InChI is InChI=1S/C13H19N5OS/c1-9(7-18-5-4-15-8-18)6-16-12(19)11-10(2)17-20-13(11)14-3/h4-5,8-9,14H,6-7H2,1-3H3,(H,16,19). The Bertz CT molecular complexity index is 563. The predicted molar refractivity (Wildman–Crippen MR) is 80.1 cm³/mol. The van der Waals surface area contributed by atoms with Gasteiger partial charge >= 0.3 is 0 Å². The molecular formula is C13H19N5OS. The van der Waals surface area contributed by atoms with Crippen molar-refractivity contribution in [2.24, 2.45) is 5.92 Å². The van der Waals surface area contributed by atoms with Crippen molar-refractivity contribution in [2.75, 3.05) is 18.9 Å². The molecule has 2 heterocycles. The number of hydrogen-bond donors (Lipinski definition) is 2. The lowest BCUT2D eigenvalue weighted by Crippen LogP contribution is -2.30. The molecule has 2 N–H and O–H groups in total. The van der Waals surface area contributed by atoms with Crippen LogP contribution in [0.1, 0.15) is 23.0 Å². The van der Waals surface area contributed by atoms with E-state index in [2.05, 4.69) is 26.9 Å². The van der Waals surface area contributed by atoms with E-state index in [0.29, 0.717) is 18.0 Å². The van der Waals surface area contributed by atoms with Crippen molar-refractivity contribution in [3.05, 3.63) is 30.0 Å². The first kappa shape index (κ1) is 14.5. The van der Waals surface area contributed by atoms with Gasteiger partial charge in [-0.05, 0) is 24.4 Å². The van der Waals surface area contributed by atoms with E-state index < -0.39 is 0 Å². The van der Waals surface area contributed by atoms with E-state index in [4.69, 9.17) is 0 Å². The van der Waals surface area contributed by atoms with Crippen molar-refractivity contribution in [1.82, 2.24) is 19.2 Å². The first-order chi connectivity index (χ1) is 9.61. The molecule has 0 aliphatic heterocycles. The number of nitrogens with one attached hydrogen (secondary N) is 2. The molecule has 2 rings (SSSR count). The molecule has 0 aliphatic rings. The quantitative estimate of drug-likeness (QED) is 0.851. The molecule has 0 radical (unpaired) electrons. The van der Waals surface area contributed by atoms with Gasteiger partial charge in [-0.2, -0.15) is 4.37 Å². The van der Waals surface area contributed by atoms with Crippen LogP contribution in [0.15, 0.2) is 18.7 Å². The van der Waals surface area contributed by atoms with Crippen molar-refractivity contribution >= 4 is 22.4 Å². The summed E-state index contributed by atoms with van der Waals surface area (Å²) >= 11 is 1.31. The second-order valence-electron chi connectivity index (χ2n) is 4.80. The number of aromatic nitrogens is 3. The van der Waals surface area contributed by atoms with Crippen LogP contribution in [0.5, 0.6) is 0 Å². The highest BCUT2D eigenvalue weighted by atomic mass is 32.1. The molecule has 0 bridgehead atoms. The number of amides is 1. The molecular weight excluding hydrogens is 274 g/mol. The Hall–Kier alpha value is -1.89. The third kappa shape index (κ3) is 3.36. The maximum atomic E-state index is 12.2. The van der Waals surface area contributed by atoms with Crippen molar-refractivity contribution in [2.45, 2.75) is 20.4 Å². The summed E-state index contributed by atoms with van der Waals surface area (Å²) in [6.07, 6.45) is 5.46. The SMILES string of the molecule is CNc1snc(C)c1C(=O)NCC(C)Cn1ccnc1. The average Bonchev–Trinajstić information content (AvgIpc) is 3.05. The summed E-state index contributed by atoms with van der Waals surface area (Å²) in [4.78, 5) is 16.2. The normalized spacial score (nSPS) is 12.2. The Morgan fingerprint density at radius 2 is 2.35 bits per heavy atom. The molecule has 0 saturated heterocycles. The summed E-state index contributed by atoms with van der Waals surface area (Å²) < 4.78 is 6.21. The molecule has 0 aromatic carbocycles. The number of nitrogens with zero attached hydrogens (tertiary/aromatic N) is 3. The number of imidazole rings is 1. The van der Waals surface area contributed by atoms with E-state index in [9.17, 15) is 4.79 Å². The largest absolute Gasteiger partial charge is 0.378 e. The van der Waals surface area contributed by atoms with E-state index in [-0.39, 0.29) is 5.91 Å². The minimum Gasteiger partial charge on any atom is -0.378 e. The summed E-state index contributed by atoms with van der Waals surface area (Å²) in [7, 11) is 1.80. The molecule has 2 aromatic heterocycles. The highest BCUT2D eigenvalue weighted by molar-refractivity contribution is 7.10. The van der Waals surface area contributed by atoms with Crippen LogP contribution >= 0.6 is 11.5 Å².